The van der Waals surface area contributed by atoms with Gasteiger partial charge < -0.3 is 9.80 Å². The second-order valence-corrected chi connectivity index (χ2v) is 13.0. The maximum atomic E-state index is 13.3. The Morgan fingerprint density at radius 1 is 0.921 bits per heavy atom. The number of piperazine rings is 1. The highest BCUT2D eigenvalue weighted by Crippen LogP contribution is 2.34. The fraction of sp³-hybridized carbons (Fsp3) is 0.286. The topological polar surface area (TPSA) is 73.8 Å². The summed E-state index contributed by atoms with van der Waals surface area (Å²) in [6, 6.07) is 18.2. The molecule has 1 fully saturated rings. The molecule has 0 bridgehead atoms. The number of hydrogen-bond acceptors (Lipinski definition) is 6. The van der Waals surface area contributed by atoms with E-state index in [0.29, 0.717) is 56.3 Å². The van der Waals surface area contributed by atoms with Crippen molar-refractivity contribution in [2.24, 2.45) is 0 Å². The van der Waals surface area contributed by atoms with Gasteiger partial charge in [-0.15, -0.1) is 0 Å². The summed E-state index contributed by atoms with van der Waals surface area (Å²) >= 11 is 7.89. The van der Waals surface area contributed by atoms with Crippen LogP contribution >= 0.6 is 22.9 Å². The van der Waals surface area contributed by atoms with E-state index in [-0.39, 0.29) is 10.8 Å². The van der Waals surface area contributed by atoms with Gasteiger partial charge in [0, 0.05) is 49.9 Å². The van der Waals surface area contributed by atoms with Gasteiger partial charge in [-0.1, -0.05) is 47.2 Å². The molecule has 3 heterocycles. The number of rotatable bonds is 4. The van der Waals surface area contributed by atoms with Crippen LogP contribution in [0.15, 0.2) is 65.6 Å². The molecule has 38 heavy (non-hydrogen) atoms. The zero-order chi connectivity index (χ0) is 26.4. The van der Waals surface area contributed by atoms with Crippen LogP contribution in [0.3, 0.4) is 0 Å². The summed E-state index contributed by atoms with van der Waals surface area (Å²) in [6.45, 7) is 5.30. The Morgan fingerprint density at radius 3 is 2.37 bits per heavy atom. The number of amides is 1. The summed E-state index contributed by atoms with van der Waals surface area (Å²) in [5.41, 5.74) is 4.64. The molecule has 0 saturated carbocycles. The standard InChI is InChI=1S/C28H27ClN4O3S2/c1-19-24(29)10-11-25-26(19)30-28(37-25)32-16-14-31(15-17-32)27(34)21-6-8-23(9-7-21)38(35,36)33-13-12-20-4-2-3-5-22(20)18-33/h2-11H,12-18H2,1H3. The molecule has 10 heteroatoms. The molecule has 1 aromatic heterocycles. The van der Waals surface area contributed by atoms with Gasteiger partial charge in [-0.25, -0.2) is 13.4 Å². The molecule has 0 N–H and O–H groups in total. The molecule has 1 saturated heterocycles. The Morgan fingerprint density at radius 2 is 1.63 bits per heavy atom. The lowest BCUT2D eigenvalue weighted by atomic mass is 10.0. The van der Waals surface area contributed by atoms with E-state index in [1.54, 1.807) is 35.6 Å². The van der Waals surface area contributed by atoms with Gasteiger partial charge in [0.2, 0.25) is 10.0 Å². The van der Waals surface area contributed by atoms with Crippen molar-refractivity contribution in [3.63, 3.8) is 0 Å². The molecule has 2 aliphatic heterocycles. The minimum absolute atomic E-state index is 0.0903. The number of fused-ring (bicyclic) bond motifs is 2. The molecule has 2 aliphatic rings. The smallest absolute Gasteiger partial charge is 0.253 e. The van der Waals surface area contributed by atoms with E-state index in [2.05, 4.69) is 11.0 Å². The van der Waals surface area contributed by atoms with Gasteiger partial charge >= 0.3 is 0 Å². The summed E-state index contributed by atoms with van der Waals surface area (Å²) in [4.78, 5) is 22.2. The van der Waals surface area contributed by atoms with Crippen LogP contribution in [-0.2, 0) is 23.0 Å². The zero-order valence-corrected chi connectivity index (χ0v) is 23.3. The molecule has 196 valence electrons. The number of benzene rings is 3. The third kappa shape index (κ3) is 4.58. The minimum atomic E-state index is -3.64. The van der Waals surface area contributed by atoms with Crippen molar-refractivity contribution in [3.8, 4) is 0 Å². The van der Waals surface area contributed by atoms with E-state index in [4.69, 9.17) is 16.6 Å². The first-order chi connectivity index (χ1) is 18.3. The second kappa shape index (κ2) is 9.96. The number of halogens is 1. The fourth-order valence-corrected chi connectivity index (χ4v) is 7.75. The second-order valence-electron chi connectivity index (χ2n) is 9.68. The molecule has 0 spiro atoms. The molecule has 1 amide bonds. The third-order valence-electron chi connectivity index (χ3n) is 7.41. The molecule has 4 aromatic rings. The third-order valence-corrected chi connectivity index (χ3v) is 10.8. The molecule has 6 rings (SSSR count). The van der Waals surface area contributed by atoms with Gasteiger partial charge in [-0.2, -0.15) is 4.31 Å². The fourth-order valence-electron chi connectivity index (χ4n) is 5.10. The maximum Gasteiger partial charge on any atom is 0.253 e. The molecular weight excluding hydrogens is 540 g/mol. The maximum absolute atomic E-state index is 13.3. The van der Waals surface area contributed by atoms with Crippen LogP contribution in [0.25, 0.3) is 10.2 Å². The van der Waals surface area contributed by atoms with Gasteiger partial charge in [-0.3, -0.25) is 4.79 Å². The molecule has 7 nitrogen and oxygen atoms in total. The number of anilines is 1. The van der Waals surface area contributed by atoms with Gasteiger partial charge in [0.15, 0.2) is 5.13 Å². The SMILES string of the molecule is Cc1c(Cl)ccc2sc(N3CCN(C(=O)c4ccc(S(=O)(=O)N5CCc6ccccc6C5)cc4)CC3)nc12. The number of hydrogen-bond donors (Lipinski definition) is 0. The van der Waals surface area contributed by atoms with E-state index in [1.807, 2.05) is 42.2 Å². The van der Waals surface area contributed by atoms with Crippen LogP contribution in [0.2, 0.25) is 5.02 Å². The average Bonchev–Trinajstić information content (AvgIpc) is 3.40. The summed E-state index contributed by atoms with van der Waals surface area (Å²) in [5, 5.41) is 1.65. The van der Waals surface area contributed by atoms with Crippen LogP contribution in [0.5, 0.6) is 0 Å². The minimum Gasteiger partial charge on any atom is -0.345 e. The lowest BCUT2D eigenvalue weighted by Crippen LogP contribution is -2.48. The number of thiazole rings is 1. The number of sulfonamides is 1. The van der Waals surface area contributed by atoms with Gasteiger partial charge in [-0.05, 0) is 66.4 Å². The van der Waals surface area contributed by atoms with E-state index < -0.39 is 10.0 Å². The van der Waals surface area contributed by atoms with Crippen LogP contribution in [0, 0.1) is 6.92 Å². The number of nitrogens with zero attached hydrogens (tertiary/aromatic N) is 4. The Labute approximate surface area is 231 Å². The monoisotopic (exact) mass is 566 g/mol. The number of carbonyl (C=O) groups excluding carboxylic acids is 1. The summed E-state index contributed by atoms with van der Waals surface area (Å²) in [6.07, 6.45) is 0.697. The summed E-state index contributed by atoms with van der Waals surface area (Å²) in [5.74, 6) is -0.0903. The Kier molecular flexibility index (Phi) is 6.63. The first kappa shape index (κ1) is 25.3. The lowest BCUT2D eigenvalue weighted by Gasteiger charge is -2.34. The lowest BCUT2D eigenvalue weighted by molar-refractivity contribution is 0.0746. The molecular formula is C28H27ClN4O3S2. The zero-order valence-electron chi connectivity index (χ0n) is 20.9. The number of aryl methyl sites for hydroxylation is 1. The first-order valence-corrected chi connectivity index (χ1v) is 15.2. The normalized spacial score (nSPS) is 16.6. The predicted octanol–water partition coefficient (Wildman–Crippen LogP) is 4.97. The quantitative estimate of drug-likeness (QED) is 0.349. The van der Waals surface area contributed by atoms with Crippen molar-refractivity contribution >= 4 is 54.2 Å². The highest BCUT2D eigenvalue weighted by Gasteiger charge is 2.29. The van der Waals surface area contributed by atoms with Crippen molar-refractivity contribution in [3.05, 3.63) is 87.9 Å². The molecule has 0 aliphatic carbocycles. The Bertz CT molecular complexity index is 1630. The van der Waals surface area contributed by atoms with Gasteiger partial charge in [0.1, 0.15) is 0 Å². The average molecular weight is 567 g/mol. The summed E-state index contributed by atoms with van der Waals surface area (Å²) < 4.78 is 29.2. The van der Waals surface area contributed by atoms with Crippen molar-refractivity contribution in [1.29, 1.82) is 0 Å². The van der Waals surface area contributed by atoms with E-state index in [9.17, 15) is 13.2 Å². The van der Waals surface area contributed by atoms with Crippen LogP contribution < -0.4 is 4.90 Å². The van der Waals surface area contributed by atoms with Crippen molar-refractivity contribution in [2.45, 2.75) is 24.8 Å². The van der Waals surface area contributed by atoms with E-state index in [0.717, 1.165) is 26.5 Å². The predicted molar refractivity (Wildman–Crippen MR) is 152 cm³/mol. The van der Waals surface area contributed by atoms with E-state index >= 15 is 0 Å². The van der Waals surface area contributed by atoms with Crippen LogP contribution in [0.1, 0.15) is 27.0 Å². The summed E-state index contributed by atoms with van der Waals surface area (Å²) in [7, 11) is -3.64. The molecule has 0 unspecified atom stereocenters. The highest BCUT2D eigenvalue weighted by atomic mass is 35.5. The Balaban J connectivity index is 1.11. The number of carbonyl (C=O) groups is 1. The van der Waals surface area contributed by atoms with E-state index in [1.165, 1.54) is 9.87 Å². The van der Waals surface area contributed by atoms with Crippen molar-refractivity contribution in [1.82, 2.24) is 14.2 Å². The first-order valence-electron chi connectivity index (χ1n) is 12.6. The molecule has 0 radical (unpaired) electrons. The van der Waals surface area contributed by atoms with Gasteiger partial charge in [0.05, 0.1) is 15.1 Å². The van der Waals surface area contributed by atoms with Crippen LogP contribution in [0.4, 0.5) is 5.13 Å². The van der Waals surface area contributed by atoms with Gasteiger partial charge in [0.25, 0.3) is 5.91 Å². The van der Waals surface area contributed by atoms with Crippen molar-refractivity contribution < 1.29 is 13.2 Å². The number of aromatic nitrogens is 1. The largest absolute Gasteiger partial charge is 0.345 e. The van der Waals surface area contributed by atoms with Crippen LogP contribution in [-0.4, -0.2) is 61.2 Å². The molecule has 3 aromatic carbocycles. The van der Waals surface area contributed by atoms with Crippen molar-refractivity contribution in [2.75, 3.05) is 37.6 Å². The highest BCUT2D eigenvalue weighted by molar-refractivity contribution is 7.89. The Hall–Kier alpha value is -2.98. The molecule has 0 atom stereocenters.